The van der Waals surface area contributed by atoms with E-state index in [1.54, 1.807) is 48.5 Å². The minimum Gasteiger partial charge on any atom is -0.459 e. The number of nitrogens with zero attached hydrogens (tertiary/aromatic N) is 2. The van der Waals surface area contributed by atoms with E-state index < -0.39 is 0 Å². The third-order valence-corrected chi connectivity index (χ3v) is 4.55. The molecule has 0 spiro atoms. The lowest BCUT2D eigenvalue weighted by Crippen LogP contribution is -2.14. The summed E-state index contributed by atoms with van der Waals surface area (Å²) in [4.78, 5) is 24.5. The molecule has 0 saturated carbocycles. The van der Waals surface area contributed by atoms with Crippen LogP contribution < -0.4 is 15.6 Å². The second-order valence-electron chi connectivity index (χ2n) is 6.72. The topological polar surface area (TPSA) is 86.9 Å². The van der Waals surface area contributed by atoms with Crippen molar-refractivity contribution in [3.05, 3.63) is 78.3 Å². The van der Waals surface area contributed by atoms with Gasteiger partial charge in [0.25, 0.3) is 11.8 Å². The molecule has 1 aromatic heterocycles. The molecule has 0 saturated heterocycles. The molecule has 1 aliphatic rings. The Balaban J connectivity index is 1.36. The van der Waals surface area contributed by atoms with Crippen molar-refractivity contribution < 1.29 is 14.0 Å². The molecule has 0 radical (unpaired) electrons. The maximum atomic E-state index is 12.5. The van der Waals surface area contributed by atoms with Gasteiger partial charge in [-0.05, 0) is 67.6 Å². The van der Waals surface area contributed by atoms with Gasteiger partial charge in [-0.2, -0.15) is 5.10 Å². The van der Waals surface area contributed by atoms with E-state index in [2.05, 4.69) is 15.7 Å². The van der Waals surface area contributed by atoms with E-state index in [1.165, 1.54) is 6.26 Å². The van der Waals surface area contributed by atoms with Gasteiger partial charge in [0.2, 0.25) is 0 Å². The summed E-state index contributed by atoms with van der Waals surface area (Å²) in [6, 6.07) is 17.5. The van der Waals surface area contributed by atoms with Gasteiger partial charge < -0.3 is 15.1 Å². The van der Waals surface area contributed by atoms with Gasteiger partial charge in [-0.15, -0.1) is 0 Å². The van der Waals surface area contributed by atoms with Crippen LogP contribution in [0.2, 0.25) is 0 Å². The highest BCUT2D eigenvalue weighted by molar-refractivity contribution is 6.05. The standard InChI is InChI=1S/C22H20N4O3/c1-15-12-13-26(25-15)19-10-4-16(5-11-19)21(27)23-17-6-8-18(9-7-17)24-22(28)20-3-2-14-29-20/h2-11,14H,12-13H2,1H3,(H,23,27)(H,24,28). The average Bonchev–Trinajstić information content (AvgIpc) is 3.41. The molecule has 0 aliphatic carbocycles. The molecule has 2 aromatic carbocycles. The number of rotatable bonds is 5. The van der Waals surface area contributed by atoms with E-state index in [1.807, 2.05) is 24.1 Å². The molecular formula is C22H20N4O3. The quantitative estimate of drug-likeness (QED) is 0.679. The normalized spacial score (nSPS) is 13.1. The molecular weight excluding hydrogens is 368 g/mol. The van der Waals surface area contributed by atoms with E-state index in [0.29, 0.717) is 16.9 Å². The summed E-state index contributed by atoms with van der Waals surface area (Å²) in [5, 5.41) is 12.0. The molecule has 29 heavy (non-hydrogen) atoms. The van der Waals surface area contributed by atoms with E-state index in [4.69, 9.17) is 4.42 Å². The molecule has 2 amide bonds. The predicted octanol–water partition coefficient (Wildman–Crippen LogP) is 4.37. The minimum atomic E-state index is -0.329. The summed E-state index contributed by atoms with van der Waals surface area (Å²) < 4.78 is 5.06. The summed E-state index contributed by atoms with van der Waals surface area (Å²) >= 11 is 0. The van der Waals surface area contributed by atoms with Crippen LogP contribution in [-0.2, 0) is 0 Å². The highest BCUT2D eigenvalue weighted by Crippen LogP contribution is 2.21. The first kappa shape index (κ1) is 18.5. The number of hydrogen-bond acceptors (Lipinski definition) is 5. The highest BCUT2D eigenvalue weighted by atomic mass is 16.3. The maximum Gasteiger partial charge on any atom is 0.291 e. The van der Waals surface area contributed by atoms with Gasteiger partial charge in [0, 0.05) is 35.6 Å². The van der Waals surface area contributed by atoms with Crippen LogP contribution >= 0.6 is 0 Å². The van der Waals surface area contributed by atoms with E-state index in [9.17, 15) is 9.59 Å². The van der Waals surface area contributed by atoms with Crippen molar-refractivity contribution in [1.29, 1.82) is 0 Å². The second-order valence-corrected chi connectivity index (χ2v) is 6.72. The Morgan fingerprint density at radius 1 is 0.931 bits per heavy atom. The van der Waals surface area contributed by atoms with Crippen molar-refractivity contribution in [2.24, 2.45) is 5.10 Å². The third-order valence-electron chi connectivity index (χ3n) is 4.55. The zero-order valence-corrected chi connectivity index (χ0v) is 15.9. The number of carbonyl (C=O) groups is 2. The van der Waals surface area contributed by atoms with Crippen molar-refractivity contribution in [2.45, 2.75) is 13.3 Å². The molecule has 3 aromatic rings. The predicted molar refractivity (Wildman–Crippen MR) is 113 cm³/mol. The Morgan fingerprint density at radius 3 is 2.14 bits per heavy atom. The van der Waals surface area contributed by atoms with Crippen LogP contribution in [0.4, 0.5) is 17.1 Å². The average molecular weight is 388 g/mol. The number of hydrazone groups is 1. The Hall–Kier alpha value is -3.87. The molecule has 146 valence electrons. The van der Waals surface area contributed by atoms with Crippen molar-refractivity contribution in [3.63, 3.8) is 0 Å². The number of furan rings is 1. The summed E-state index contributed by atoms with van der Waals surface area (Å²) in [7, 11) is 0. The monoisotopic (exact) mass is 388 g/mol. The number of amides is 2. The van der Waals surface area contributed by atoms with Gasteiger partial charge in [-0.1, -0.05) is 0 Å². The first-order valence-corrected chi connectivity index (χ1v) is 9.26. The van der Waals surface area contributed by atoms with Crippen LogP contribution in [0.15, 0.2) is 76.4 Å². The Kier molecular flexibility index (Phi) is 5.11. The first-order valence-electron chi connectivity index (χ1n) is 9.26. The van der Waals surface area contributed by atoms with Crippen molar-refractivity contribution in [3.8, 4) is 0 Å². The number of benzene rings is 2. The third kappa shape index (κ3) is 4.35. The van der Waals surface area contributed by atoms with Gasteiger partial charge in [0.1, 0.15) is 0 Å². The smallest absolute Gasteiger partial charge is 0.291 e. The lowest BCUT2D eigenvalue weighted by atomic mass is 10.2. The van der Waals surface area contributed by atoms with Gasteiger partial charge in [0.15, 0.2) is 5.76 Å². The first-order chi connectivity index (χ1) is 14.1. The van der Waals surface area contributed by atoms with Gasteiger partial charge >= 0.3 is 0 Å². The Bertz CT molecular complexity index is 1040. The molecule has 2 N–H and O–H groups in total. The molecule has 7 heteroatoms. The highest BCUT2D eigenvalue weighted by Gasteiger charge is 2.14. The molecule has 0 bridgehead atoms. The summed E-state index contributed by atoms with van der Waals surface area (Å²) in [5.41, 5.74) is 3.87. The van der Waals surface area contributed by atoms with Crippen LogP contribution in [0.3, 0.4) is 0 Å². The van der Waals surface area contributed by atoms with E-state index in [0.717, 1.165) is 24.4 Å². The van der Waals surface area contributed by atoms with Crippen LogP contribution in [-0.4, -0.2) is 24.1 Å². The lowest BCUT2D eigenvalue weighted by molar-refractivity contribution is 0.0994. The summed E-state index contributed by atoms with van der Waals surface area (Å²) in [6.07, 6.45) is 2.40. The molecule has 0 unspecified atom stereocenters. The maximum absolute atomic E-state index is 12.5. The van der Waals surface area contributed by atoms with E-state index in [-0.39, 0.29) is 17.6 Å². The van der Waals surface area contributed by atoms with Crippen LogP contribution in [0.1, 0.15) is 34.3 Å². The van der Waals surface area contributed by atoms with Gasteiger partial charge in [-0.25, -0.2) is 0 Å². The zero-order chi connectivity index (χ0) is 20.2. The Morgan fingerprint density at radius 2 is 1.59 bits per heavy atom. The SMILES string of the molecule is CC1=NN(c2ccc(C(=O)Nc3ccc(NC(=O)c4ccco4)cc3)cc2)CC1. The molecule has 0 atom stereocenters. The number of hydrogen-bond donors (Lipinski definition) is 2. The largest absolute Gasteiger partial charge is 0.459 e. The number of anilines is 3. The van der Waals surface area contributed by atoms with Gasteiger partial charge in [0.05, 0.1) is 12.0 Å². The fourth-order valence-corrected chi connectivity index (χ4v) is 2.99. The van der Waals surface area contributed by atoms with Crippen molar-refractivity contribution in [1.82, 2.24) is 0 Å². The Labute approximate surface area is 168 Å². The number of carbonyl (C=O) groups excluding carboxylic acids is 2. The summed E-state index contributed by atoms with van der Waals surface area (Å²) in [5.74, 6) is -0.296. The number of nitrogens with one attached hydrogen (secondary N) is 2. The molecule has 2 heterocycles. The molecule has 0 fully saturated rings. The van der Waals surface area contributed by atoms with Crippen molar-refractivity contribution >= 4 is 34.6 Å². The zero-order valence-electron chi connectivity index (χ0n) is 15.9. The second kappa shape index (κ2) is 8.02. The van der Waals surface area contributed by atoms with Gasteiger partial charge in [-0.3, -0.25) is 14.6 Å². The van der Waals surface area contributed by atoms with E-state index >= 15 is 0 Å². The fraction of sp³-hybridized carbons (Fsp3) is 0.136. The summed E-state index contributed by atoms with van der Waals surface area (Å²) in [6.45, 7) is 2.87. The van der Waals surface area contributed by atoms with Crippen LogP contribution in [0.5, 0.6) is 0 Å². The van der Waals surface area contributed by atoms with Crippen LogP contribution in [0, 0.1) is 0 Å². The van der Waals surface area contributed by atoms with Crippen molar-refractivity contribution in [2.75, 3.05) is 22.2 Å². The molecule has 4 rings (SSSR count). The minimum absolute atomic E-state index is 0.204. The van der Waals surface area contributed by atoms with Crippen LogP contribution in [0.25, 0.3) is 0 Å². The molecule has 7 nitrogen and oxygen atoms in total. The lowest BCUT2D eigenvalue weighted by Gasteiger charge is -2.14. The fourth-order valence-electron chi connectivity index (χ4n) is 2.99. The molecule has 1 aliphatic heterocycles.